The van der Waals surface area contributed by atoms with Crippen molar-refractivity contribution in [3.63, 3.8) is 0 Å². The van der Waals surface area contributed by atoms with Gasteiger partial charge in [0.25, 0.3) is 5.91 Å². The maximum Gasteiger partial charge on any atom is 0.254 e. The van der Waals surface area contributed by atoms with E-state index in [1.165, 1.54) is 6.07 Å². The summed E-state index contributed by atoms with van der Waals surface area (Å²) < 4.78 is 4.78. The van der Waals surface area contributed by atoms with E-state index < -0.39 is 0 Å². The number of carbonyl (C=O) groups is 1. The molecule has 0 radical (unpaired) electrons. The molecule has 82 valence electrons. The highest BCUT2D eigenvalue weighted by Crippen LogP contribution is 2.14. The van der Waals surface area contributed by atoms with E-state index >= 15 is 0 Å². The highest BCUT2D eigenvalue weighted by molar-refractivity contribution is 6.34. The second kappa shape index (κ2) is 5.85. The van der Waals surface area contributed by atoms with Gasteiger partial charge < -0.3 is 10.1 Å². The summed E-state index contributed by atoms with van der Waals surface area (Å²) in [5.41, 5.74) is 0.202. The number of hydrogen-bond acceptors (Lipinski definition) is 4. The van der Waals surface area contributed by atoms with Gasteiger partial charge in [-0.3, -0.25) is 4.79 Å². The molecule has 0 unspecified atom stereocenters. The molecule has 1 rings (SSSR count). The molecular weight excluding hydrogens is 241 g/mol. The molecule has 0 atom stereocenters. The monoisotopic (exact) mass is 249 g/mol. The van der Waals surface area contributed by atoms with Crippen LogP contribution in [-0.4, -0.2) is 36.4 Å². The Hall–Kier alpha value is -0.910. The Morgan fingerprint density at radius 3 is 2.93 bits per heavy atom. The Balaban J connectivity index is 2.68. The first kappa shape index (κ1) is 12.2. The van der Waals surface area contributed by atoms with Crippen LogP contribution in [0.4, 0.5) is 0 Å². The van der Waals surface area contributed by atoms with E-state index in [0.717, 1.165) is 0 Å². The van der Waals surface area contributed by atoms with Crippen LogP contribution >= 0.6 is 23.2 Å². The SMILES string of the molecule is COCCNC(=O)c1cc(Cl)nnc1Cl. The largest absolute Gasteiger partial charge is 0.383 e. The molecule has 5 nitrogen and oxygen atoms in total. The van der Waals surface area contributed by atoms with Gasteiger partial charge in [0, 0.05) is 13.7 Å². The molecule has 0 spiro atoms. The number of carbonyl (C=O) groups excluding carboxylic acids is 1. The standard InChI is InChI=1S/C8H9Cl2N3O2/c1-15-3-2-11-8(14)5-4-6(9)12-13-7(5)10/h4H,2-3H2,1H3,(H,11,14). The van der Waals surface area contributed by atoms with Crippen LogP contribution in [0.15, 0.2) is 6.07 Å². The van der Waals surface area contributed by atoms with Crippen molar-refractivity contribution in [2.45, 2.75) is 0 Å². The van der Waals surface area contributed by atoms with Crippen LogP contribution in [0.3, 0.4) is 0 Å². The molecule has 0 aliphatic heterocycles. The van der Waals surface area contributed by atoms with Crippen LogP contribution < -0.4 is 5.32 Å². The number of nitrogens with one attached hydrogen (secondary N) is 1. The lowest BCUT2D eigenvalue weighted by Gasteiger charge is -2.05. The van der Waals surface area contributed by atoms with Gasteiger partial charge >= 0.3 is 0 Å². The minimum absolute atomic E-state index is 0.0225. The second-order valence-corrected chi connectivity index (χ2v) is 3.37. The zero-order valence-electron chi connectivity index (χ0n) is 7.96. The van der Waals surface area contributed by atoms with Crippen molar-refractivity contribution in [2.75, 3.05) is 20.3 Å². The number of aromatic nitrogens is 2. The summed E-state index contributed by atoms with van der Waals surface area (Å²) in [7, 11) is 1.55. The van der Waals surface area contributed by atoms with Gasteiger partial charge in [0.15, 0.2) is 10.3 Å². The smallest absolute Gasteiger partial charge is 0.254 e. The molecule has 0 bridgehead atoms. The molecule has 1 amide bonds. The summed E-state index contributed by atoms with van der Waals surface area (Å²) in [4.78, 5) is 11.5. The van der Waals surface area contributed by atoms with Crippen LogP contribution in [0, 0.1) is 0 Å². The molecule has 0 aliphatic rings. The molecule has 1 heterocycles. The van der Waals surface area contributed by atoms with Gasteiger partial charge in [-0.2, -0.15) is 0 Å². The molecule has 0 aliphatic carbocycles. The van der Waals surface area contributed by atoms with Gasteiger partial charge in [-0.1, -0.05) is 23.2 Å². The van der Waals surface area contributed by atoms with Crippen molar-refractivity contribution < 1.29 is 9.53 Å². The van der Waals surface area contributed by atoms with Gasteiger partial charge in [-0.25, -0.2) is 0 Å². The number of methoxy groups -OCH3 is 1. The van der Waals surface area contributed by atoms with Gasteiger partial charge in [-0.15, -0.1) is 10.2 Å². The van der Waals surface area contributed by atoms with Crippen molar-refractivity contribution in [1.29, 1.82) is 0 Å². The third-order valence-corrected chi connectivity index (χ3v) is 2.02. The van der Waals surface area contributed by atoms with Crippen LogP contribution in [-0.2, 0) is 4.74 Å². The molecule has 0 fully saturated rings. The van der Waals surface area contributed by atoms with Crippen molar-refractivity contribution in [2.24, 2.45) is 0 Å². The molecule has 7 heteroatoms. The minimum atomic E-state index is -0.353. The van der Waals surface area contributed by atoms with E-state index in [-0.39, 0.29) is 21.8 Å². The van der Waals surface area contributed by atoms with Gasteiger partial charge in [0.1, 0.15) is 0 Å². The zero-order valence-corrected chi connectivity index (χ0v) is 9.47. The molecule has 1 aromatic rings. The highest BCUT2D eigenvalue weighted by Gasteiger charge is 2.12. The topological polar surface area (TPSA) is 64.1 Å². The van der Waals surface area contributed by atoms with E-state index in [0.29, 0.717) is 13.2 Å². The highest BCUT2D eigenvalue weighted by atomic mass is 35.5. The lowest BCUT2D eigenvalue weighted by Crippen LogP contribution is -2.27. The number of halogens is 2. The molecule has 1 N–H and O–H groups in total. The zero-order chi connectivity index (χ0) is 11.3. The van der Waals surface area contributed by atoms with Crippen molar-refractivity contribution >= 4 is 29.1 Å². The Kier molecular flexibility index (Phi) is 4.74. The fourth-order valence-electron chi connectivity index (χ4n) is 0.874. The summed E-state index contributed by atoms with van der Waals surface area (Å²) in [5.74, 6) is -0.353. The summed E-state index contributed by atoms with van der Waals surface area (Å²) in [6, 6.07) is 1.36. The van der Waals surface area contributed by atoms with E-state index in [9.17, 15) is 4.79 Å². The number of ether oxygens (including phenoxy) is 1. The lowest BCUT2D eigenvalue weighted by atomic mass is 10.3. The third kappa shape index (κ3) is 3.62. The summed E-state index contributed by atoms with van der Waals surface area (Å²) >= 11 is 11.3. The quantitative estimate of drug-likeness (QED) is 0.814. The van der Waals surface area contributed by atoms with Crippen molar-refractivity contribution in [3.8, 4) is 0 Å². The molecular formula is C8H9Cl2N3O2. The van der Waals surface area contributed by atoms with E-state index in [4.69, 9.17) is 27.9 Å². The Morgan fingerprint density at radius 1 is 1.53 bits per heavy atom. The first-order valence-corrected chi connectivity index (χ1v) is 4.86. The lowest BCUT2D eigenvalue weighted by molar-refractivity contribution is 0.0936. The normalized spacial score (nSPS) is 10.1. The average Bonchev–Trinajstić information content (AvgIpc) is 2.22. The van der Waals surface area contributed by atoms with Crippen LogP contribution in [0.1, 0.15) is 10.4 Å². The van der Waals surface area contributed by atoms with E-state index in [1.54, 1.807) is 7.11 Å². The number of hydrogen-bond donors (Lipinski definition) is 1. The fraction of sp³-hybridized carbons (Fsp3) is 0.375. The van der Waals surface area contributed by atoms with Gasteiger partial charge in [0.05, 0.1) is 12.2 Å². The molecule has 0 saturated carbocycles. The summed E-state index contributed by atoms with van der Waals surface area (Å²) in [5, 5.41) is 9.75. The van der Waals surface area contributed by atoms with E-state index in [1.807, 2.05) is 0 Å². The number of nitrogens with zero attached hydrogens (tertiary/aromatic N) is 2. The maximum atomic E-state index is 11.5. The fourth-order valence-corrected chi connectivity index (χ4v) is 1.20. The maximum absolute atomic E-state index is 11.5. The predicted molar refractivity (Wildman–Crippen MR) is 56.3 cm³/mol. The van der Waals surface area contributed by atoms with Crippen molar-refractivity contribution in [1.82, 2.24) is 15.5 Å². The van der Waals surface area contributed by atoms with Crippen LogP contribution in [0.25, 0.3) is 0 Å². The average molecular weight is 250 g/mol. The Bertz CT molecular complexity index is 360. The Morgan fingerprint density at radius 2 is 2.27 bits per heavy atom. The summed E-state index contributed by atoms with van der Waals surface area (Å²) in [6.45, 7) is 0.821. The van der Waals surface area contributed by atoms with Crippen molar-refractivity contribution in [3.05, 3.63) is 21.9 Å². The molecule has 1 aromatic heterocycles. The second-order valence-electron chi connectivity index (χ2n) is 2.62. The molecule has 0 aromatic carbocycles. The molecule has 15 heavy (non-hydrogen) atoms. The first-order chi connectivity index (χ1) is 7.15. The molecule has 0 saturated heterocycles. The predicted octanol–water partition coefficient (Wildman–Crippen LogP) is 1.16. The minimum Gasteiger partial charge on any atom is -0.383 e. The summed E-state index contributed by atoms with van der Waals surface area (Å²) in [6.07, 6.45) is 0. The van der Waals surface area contributed by atoms with Gasteiger partial charge in [-0.05, 0) is 6.07 Å². The Labute approximate surface area is 96.7 Å². The van der Waals surface area contributed by atoms with Crippen LogP contribution in [0.2, 0.25) is 10.3 Å². The number of rotatable bonds is 4. The third-order valence-electron chi connectivity index (χ3n) is 1.56. The van der Waals surface area contributed by atoms with Gasteiger partial charge in [0.2, 0.25) is 0 Å². The van der Waals surface area contributed by atoms with E-state index in [2.05, 4.69) is 15.5 Å². The first-order valence-electron chi connectivity index (χ1n) is 4.11. The van der Waals surface area contributed by atoms with Crippen LogP contribution in [0.5, 0.6) is 0 Å². The number of amides is 1.